The summed E-state index contributed by atoms with van der Waals surface area (Å²) < 4.78 is 4.70. The van der Waals surface area contributed by atoms with Crippen LogP contribution >= 0.6 is 0 Å². The van der Waals surface area contributed by atoms with Crippen molar-refractivity contribution < 1.29 is 19.4 Å². The molecule has 0 aliphatic heterocycles. The fourth-order valence-electron chi connectivity index (χ4n) is 2.21. The summed E-state index contributed by atoms with van der Waals surface area (Å²) in [6.07, 6.45) is 0. The van der Waals surface area contributed by atoms with E-state index in [2.05, 4.69) is 0 Å². The summed E-state index contributed by atoms with van der Waals surface area (Å²) in [5, 5.41) is 9.78. The van der Waals surface area contributed by atoms with Crippen LogP contribution in [0, 0.1) is 13.8 Å². The lowest BCUT2D eigenvalue weighted by molar-refractivity contribution is 0.0597. The molecule has 0 bridgehead atoms. The van der Waals surface area contributed by atoms with Crippen LogP contribution < -0.4 is 0 Å². The molecule has 0 saturated heterocycles. The zero-order valence-electron chi connectivity index (χ0n) is 12.1. The van der Waals surface area contributed by atoms with Crippen LogP contribution in [0.5, 0.6) is 5.75 Å². The van der Waals surface area contributed by atoms with E-state index in [1.807, 2.05) is 0 Å². The molecule has 1 N–H and O–H groups in total. The molecule has 0 fully saturated rings. The third-order valence-corrected chi connectivity index (χ3v) is 3.33. The van der Waals surface area contributed by atoms with Gasteiger partial charge in [-0.15, -0.1) is 0 Å². The van der Waals surface area contributed by atoms with E-state index < -0.39 is 5.97 Å². The van der Waals surface area contributed by atoms with Crippen LogP contribution in [0.25, 0.3) is 0 Å². The summed E-state index contributed by atoms with van der Waals surface area (Å²) in [5.74, 6) is -0.652. The van der Waals surface area contributed by atoms with Crippen LogP contribution in [-0.2, 0) is 4.74 Å². The number of hydrogen-bond acceptors (Lipinski definition) is 4. The zero-order valence-corrected chi connectivity index (χ0v) is 12.1. The second-order valence-corrected chi connectivity index (χ2v) is 4.82. The summed E-state index contributed by atoms with van der Waals surface area (Å²) in [6, 6.07) is 9.74. The fourth-order valence-corrected chi connectivity index (χ4v) is 2.21. The van der Waals surface area contributed by atoms with Gasteiger partial charge in [0.05, 0.1) is 12.7 Å². The molecule has 0 atom stereocenters. The predicted octanol–water partition coefficient (Wildman–Crippen LogP) is 3.03. The second-order valence-electron chi connectivity index (χ2n) is 4.82. The van der Waals surface area contributed by atoms with E-state index in [9.17, 15) is 14.7 Å². The Balaban J connectivity index is 2.53. The van der Waals surface area contributed by atoms with Gasteiger partial charge in [-0.2, -0.15) is 0 Å². The van der Waals surface area contributed by atoms with Gasteiger partial charge in [0, 0.05) is 11.1 Å². The quantitative estimate of drug-likeness (QED) is 0.695. The minimum absolute atomic E-state index is 0.174. The Bertz CT molecular complexity index is 693. The Morgan fingerprint density at radius 3 is 2.05 bits per heavy atom. The second kappa shape index (κ2) is 5.79. The van der Waals surface area contributed by atoms with Crippen molar-refractivity contribution >= 4 is 11.8 Å². The number of phenolic OH excluding ortho intramolecular Hbond substituents is 1. The number of benzene rings is 2. The minimum atomic E-state index is -0.550. The van der Waals surface area contributed by atoms with Crippen molar-refractivity contribution in [3.63, 3.8) is 0 Å². The van der Waals surface area contributed by atoms with Gasteiger partial charge in [0.15, 0.2) is 5.78 Å². The summed E-state index contributed by atoms with van der Waals surface area (Å²) in [7, 11) is 1.28. The van der Waals surface area contributed by atoms with Gasteiger partial charge in [0.1, 0.15) is 5.75 Å². The monoisotopic (exact) mass is 284 g/mol. The number of ether oxygens (including phenoxy) is 1. The van der Waals surface area contributed by atoms with Gasteiger partial charge in [-0.25, -0.2) is 4.79 Å². The van der Waals surface area contributed by atoms with E-state index in [4.69, 9.17) is 4.74 Å². The highest BCUT2D eigenvalue weighted by Crippen LogP contribution is 2.25. The number of carbonyl (C=O) groups is 2. The number of aromatic hydroxyl groups is 1. The molecule has 0 saturated carbocycles. The number of aryl methyl sites for hydroxylation is 2. The molecule has 2 aromatic rings. The molecule has 0 aromatic heterocycles. The van der Waals surface area contributed by atoms with E-state index in [0.29, 0.717) is 16.7 Å². The van der Waals surface area contributed by atoms with Crippen LogP contribution in [0.2, 0.25) is 0 Å². The van der Waals surface area contributed by atoms with Gasteiger partial charge in [-0.3, -0.25) is 4.79 Å². The highest BCUT2D eigenvalue weighted by molar-refractivity contribution is 6.14. The van der Waals surface area contributed by atoms with Gasteiger partial charge < -0.3 is 9.84 Å². The van der Waals surface area contributed by atoms with Crippen molar-refractivity contribution in [2.45, 2.75) is 13.8 Å². The first-order chi connectivity index (χ1) is 9.95. The molecule has 0 radical (unpaired) electrons. The summed E-state index contributed by atoms with van der Waals surface area (Å²) in [4.78, 5) is 24.4. The Labute approximate surface area is 123 Å². The van der Waals surface area contributed by atoms with E-state index in [-0.39, 0.29) is 22.7 Å². The average molecular weight is 284 g/mol. The normalized spacial score (nSPS) is 10.2. The molecule has 2 aromatic carbocycles. The maximum atomic E-state index is 12.6. The fraction of sp³-hybridized carbons (Fsp3) is 0.176. The molecule has 2 rings (SSSR count). The molecule has 0 amide bonds. The molecule has 4 heteroatoms. The molecular formula is C17H16O4. The van der Waals surface area contributed by atoms with Crippen molar-refractivity contribution in [1.29, 1.82) is 0 Å². The summed E-state index contributed by atoms with van der Waals surface area (Å²) in [5.41, 5.74) is 2.18. The smallest absolute Gasteiger partial charge is 0.338 e. The van der Waals surface area contributed by atoms with Gasteiger partial charge >= 0.3 is 5.97 Å². The number of esters is 1. The van der Waals surface area contributed by atoms with Crippen molar-refractivity contribution in [1.82, 2.24) is 0 Å². The lowest BCUT2D eigenvalue weighted by atomic mass is 9.95. The highest BCUT2D eigenvalue weighted by atomic mass is 16.5. The van der Waals surface area contributed by atoms with Crippen LogP contribution in [0.1, 0.15) is 37.4 Å². The van der Waals surface area contributed by atoms with E-state index in [1.165, 1.54) is 7.11 Å². The van der Waals surface area contributed by atoms with Crippen LogP contribution in [0.3, 0.4) is 0 Å². The minimum Gasteiger partial charge on any atom is -0.507 e. The van der Waals surface area contributed by atoms with E-state index in [1.54, 1.807) is 50.2 Å². The van der Waals surface area contributed by atoms with Crippen molar-refractivity contribution in [2.24, 2.45) is 0 Å². The maximum Gasteiger partial charge on any atom is 0.338 e. The first kappa shape index (κ1) is 14.8. The van der Waals surface area contributed by atoms with E-state index >= 15 is 0 Å². The molecular weight excluding hydrogens is 268 g/mol. The predicted molar refractivity (Wildman–Crippen MR) is 78.8 cm³/mol. The van der Waals surface area contributed by atoms with Crippen molar-refractivity contribution in [3.8, 4) is 5.75 Å². The first-order valence-corrected chi connectivity index (χ1v) is 6.48. The van der Waals surface area contributed by atoms with E-state index in [0.717, 1.165) is 0 Å². The van der Waals surface area contributed by atoms with Crippen molar-refractivity contribution in [3.05, 3.63) is 64.2 Å². The largest absolute Gasteiger partial charge is 0.507 e. The number of methoxy groups -OCH3 is 1. The number of rotatable bonds is 3. The molecule has 0 heterocycles. The SMILES string of the molecule is COC(=O)c1ccccc1C(=O)c1cc(C)c(O)c(C)c1. The average Bonchev–Trinajstić information content (AvgIpc) is 2.50. The standard InChI is InChI=1S/C17H16O4/c1-10-8-12(9-11(2)15(10)18)16(19)13-6-4-5-7-14(13)17(20)21-3/h4-9,18H,1-3H3. The van der Waals surface area contributed by atoms with Crippen LogP contribution in [-0.4, -0.2) is 24.0 Å². The van der Waals surface area contributed by atoms with Crippen LogP contribution in [0.4, 0.5) is 0 Å². The molecule has 108 valence electrons. The molecule has 0 aliphatic rings. The van der Waals surface area contributed by atoms with Crippen LogP contribution in [0.15, 0.2) is 36.4 Å². The molecule has 4 nitrogen and oxygen atoms in total. The summed E-state index contributed by atoms with van der Waals surface area (Å²) >= 11 is 0. The number of phenols is 1. The number of carbonyl (C=O) groups excluding carboxylic acids is 2. The Kier molecular flexibility index (Phi) is 4.08. The molecule has 0 aliphatic carbocycles. The topological polar surface area (TPSA) is 63.6 Å². The zero-order chi connectivity index (χ0) is 15.6. The maximum absolute atomic E-state index is 12.6. The van der Waals surface area contributed by atoms with Gasteiger partial charge in [-0.1, -0.05) is 18.2 Å². The van der Waals surface area contributed by atoms with Crippen molar-refractivity contribution in [2.75, 3.05) is 7.11 Å². The lowest BCUT2D eigenvalue weighted by Crippen LogP contribution is -2.11. The third-order valence-electron chi connectivity index (χ3n) is 3.33. The Morgan fingerprint density at radius 2 is 1.52 bits per heavy atom. The Morgan fingerprint density at radius 1 is 1.00 bits per heavy atom. The first-order valence-electron chi connectivity index (χ1n) is 6.48. The summed E-state index contributed by atoms with van der Waals surface area (Å²) in [6.45, 7) is 3.46. The number of ketones is 1. The number of hydrogen-bond donors (Lipinski definition) is 1. The van der Waals surface area contributed by atoms with Gasteiger partial charge in [0.25, 0.3) is 0 Å². The Hall–Kier alpha value is -2.62. The molecule has 0 unspecified atom stereocenters. The lowest BCUT2D eigenvalue weighted by Gasteiger charge is -2.10. The van der Waals surface area contributed by atoms with Gasteiger partial charge in [0.2, 0.25) is 0 Å². The molecule has 0 spiro atoms. The van der Waals surface area contributed by atoms with Gasteiger partial charge in [-0.05, 0) is 43.2 Å². The molecule has 21 heavy (non-hydrogen) atoms. The third kappa shape index (κ3) is 2.79. The highest BCUT2D eigenvalue weighted by Gasteiger charge is 2.19.